The summed E-state index contributed by atoms with van der Waals surface area (Å²) in [6.45, 7) is 2.03. The first kappa shape index (κ1) is 13.7. The standard InChI is InChI=1S/C13H19N5O3/c1-17-7-13(21-12(17)19)4-3-5-18(8-13)9-6-10(20-2)16-11(14)15-9/h6H,3-5,7-8H2,1-2H3,(H2,14,15,16)/t13-/m1/s1. The number of piperidine rings is 1. The van der Waals surface area contributed by atoms with Crippen molar-refractivity contribution in [1.82, 2.24) is 14.9 Å². The molecular weight excluding hydrogens is 274 g/mol. The molecule has 2 saturated heterocycles. The Labute approximate surface area is 122 Å². The number of hydrogen-bond donors (Lipinski definition) is 1. The normalized spacial score (nSPS) is 25.3. The maximum absolute atomic E-state index is 11.7. The highest BCUT2D eigenvalue weighted by Crippen LogP contribution is 2.33. The average molecular weight is 293 g/mol. The van der Waals surface area contributed by atoms with Gasteiger partial charge in [-0.2, -0.15) is 9.97 Å². The first-order valence-corrected chi connectivity index (χ1v) is 6.89. The molecule has 2 fully saturated rings. The Morgan fingerprint density at radius 3 is 2.90 bits per heavy atom. The maximum Gasteiger partial charge on any atom is 0.410 e. The third-order valence-electron chi connectivity index (χ3n) is 3.92. The van der Waals surface area contributed by atoms with E-state index in [-0.39, 0.29) is 12.0 Å². The van der Waals surface area contributed by atoms with Crippen molar-refractivity contribution in [3.8, 4) is 5.88 Å². The van der Waals surface area contributed by atoms with Gasteiger partial charge in [0.2, 0.25) is 11.8 Å². The second-order valence-electron chi connectivity index (χ2n) is 5.56. The van der Waals surface area contributed by atoms with Crippen LogP contribution < -0.4 is 15.4 Å². The summed E-state index contributed by atoms with van der Waals surface area (Å²) < 4.78 is 10.7. The largest absolute Gasteiger partial charge is 0.481 e. The quantitative estimate of drug-likeness (QED) is 0.848. The van der Waals surface area contributed by atoms with E-state index in [2.05, 4.69) is 14.9 Å². The minimum atomic E-state index is -0.461. The molecule has 1 atom stereocenters. The van der Waals surface area contributed by atoms with Gasteiger partial charge in [-0.1, -0.05) is 0 Å². The van der Waals surface area contributed by atoms with Crippen molar-refractivity contribution in [3.05, 3.63) is 6.07 Å². The molecule has 2 aliphatic rings. The number of ether oxygens (including phenoxy) is 2. The van der Waals surface area contributed by atoms with Crippen molar-refractivity contribution < 1.29 is 14.3 Å². The van der Waals surface area contributed by atoms with Crippen molar-refractivity contribution in [2.24, 2.45) is 0 Å². The second kappa shape index (κ2) is 4.94. The van der Waals surface area contributed by atoms with E-state index in [1.54, 1.807) is 18.0 Å². The van der Waals surface area contributed by atoms with Crippen LogP contribution in [0.15, 0.2) is 6.07 Å². The van der Waals surface area contributed by atoms with Gasteiger partial charge in [-0.3, -0.25) is 0 Å². The summed E-state index contributed by atoms with van der Waals surface area (Å²) in [5, 5.41) is 0. The van der Waals surface area contributed by atoms with Gasteiger partial charge in [-0.25, -0.2) is 4.79 Å². The van der Waals surface area contributed by atoms with Gasteiger partial charge >= 0.3 is 6.09 Å². The third kappa shape index (κ3) is 2.53. The van der Waals surface area contributed by atoms with E-state index < -0.39 is 5.60 Å². The molecule has 8 heteroatoms. The van der Waals surface area contributed by atoms with Crippen molar-refractivity contribution in [3.63, 3.8) is 0 Å². The van der Waals surface area contributed by atoms with Gasteiger partial charge in [-0.15, -0.1) is 0 Å². The topological polar surface area (TPSA) is 93.8 Å². The summed E-state index contributed by atoms with van der Waals surface area (Å²) in [7, 11) is 3.29. The van der Waals surface area contributed by atoms with Crippen LogP contribution in [0.3, 0.4) is 0 Å². The number of aromatic nitrogens is 2. The van der Waals surface area contributed by atoms with E-state index in [1.165, 1.54) is 7.11 Å². The molecule has 0 bridgehead atoms. The molecule has 1 spiro atoms. The van der Waals surface area contributed by atoms with Gasteiger partial charge in [0.1, 0.15) is 11.4 Å². The number of rotatable bonds is 2. The lowest BCUT2D eigenvalue weighted by Gasteiger charge is -2.38. The number of methoxy groups -OCH3 is 1. The molecule has 3 heterocycles. The Morgan fingerprint density at radius 1 is 1.43 bits per heavy atom. The molecule has 0 aliphatic carbocycles. The fourth-order valence-corrected chi connectivity index (χ4v) is 2.99. The summed E-state index contributed by atoms with van der Waals surface area (Å²) in [5.74, 6) is 1.30. The monoisotopic (exact) mass is 293 g/mol. The number of carbonyl (C=O) groups is 1. The minimum Gasteiger partial charge on any atom is -0.481 e. The molecule has 0 saturated carbocycles. The van der Waals surface area contributed by atoms with Crippen molar-refractivity contribution in [2.45, 2.75) is 18.4 Å². The lowest BCUT2D eigenvalue weighted by Crippen LogP contribution is -2.50. The minimum absolute atomic E-state index is 0.171. The highest BCUT2D eigenvalue weighted by molar-refractivity contribution is 5.70. The molecule has 8 nitrogen and oxygen atoms in total. The van der Waals surface area contributed by atoms with Crippen LogP contribution in [0.1, 0.15) is 12.8 Å². The number of amides is 1. The van der Waals surface area contributed by atoms with Gasteiger partial charge in [0, 0.05) is 19.7 Å². The predicted molar refractivity (Wildman–Crippen MR) is 76.3 cm³/mol. The van der Waals surface area contributed by atoms with E-state index in [0.29, 0.717) is 24.8 Å². The molecule has 2 aliphatic heterocycles. The highest BCUT2D eigenvalue weighted by Gasteiger charge is 2.46. The molecule has 114 valence electrons. The second-order valence-corrected chi connectivity index (χ2v) is 5.56. The van der Waals surface area contributed by atoms with E-state index in [9.17, 15) is 4.79 Å². The number of carbonyl (C=O) groups excluding carboxylic acids is 1. The van der Waals surface area contributed by atoms with Gasteiger partial charge in [0.15, 0.2) is 0 Å². The summed E-state index contributed by atoms with van der Waals surface area (Å²) in [6.07, 6.45) is 1.52. The van der Waals surface area contributed by atoms with Crippen LogP contribution in [0.2, 0.25) is 0 Å². The number of hydrogen-bond acceptors (Lipinski definition) is 7. The van der Waals surface area contributed by atoms with Crippen LogP contribution in [-0.4, -0.2) is 60.4 Å². The number of nitrogen functional groups attached to an aromatic ring is 1. The lowest BCUT2D eigenvalue weighted by atomic mass is 9.93. The number of anilines is 2. The summed E-state index contributed by atoms with van der Waals surface area (Å²) >= 11 is 0. The van der Waals surface area contributed by atoms with Gasteiger partial charge in [-0.05, 0) is 12.8 Å². The highest BCUT2D eigenvalue weighted by atomic mass is 16.6. The first-order valence-electron chi connectivity index (χ1n) is 6.89. The zero-order valence-corrected chi connectivity index (χ0v) is 12.2. The smallest absolute Gasteiger partial charge is 0.410 e. The lowest BCUT2D eigenvalue weighted by molar-refractivity contribution is 0.0445. The zero-order valence-electron chi connectivity index (χ0n) is 12.2. The average Bonchev–Trinajstić information content (AvgIpc) is 2.72. The Balaban J connectivity index is 1.83. The number of nitrogens with zero attached hydrogens (tertiary/aromatic N) is 4. The van der Waals surface area contributed by atoms with Crippen LogP contribution in [-0.2, 0) is 4.74 Å². The van der Waals surface area contributed by atoms with E-state index in [1.807, 2.05) is 0 Å². The van der Waals surface area contributed by atoms with Crippen LogP contribution >= 0.6 is 0 Å². The third-order valence-corrected chi connectivity index (χ3v) is 3.92. The van der Waals surface area contributed by atoms with Crippen molar-refractivity contribution >= 4 is 17.9 Å². The van der Waals surface area contributed by atoms with Gasteiger partial charge in [0.05, 0.1) is 20.2 Å². The molecule has 3 rings (SSSR count). The van der Waals surface area contributed by atoms with E-state index >= 15 is 0 Å². The summed E-state index contributed by atoms with van der Waals surface area (Å²) in [6, 6.07) is 1.75. The fraction of sp³-hybridized carbons (Fsp3) is 0.615. The fourth-order valence-electron chi connectivity index (χ4n) is 2.99. The molecule has 1 amide bonds. The number of nitrogens with two attached hydrogens (primary N) is 1. The Hall–Kier alpha value is -2.25. The Kier molecular flexibility index (Phi) is 3.23. The van der Waals surface area contributed by atoms with E-state index in [4.69, 9.17) is 15.2 Å². The van der Waals surface area contributed by atoms with Gasteiger partial charge in [0.25, 0.3) is 0 Å². The SMILES string of the molecule is COc1cc(N2CCC[C@@]3(CN(C)C(=O)O3)C2)nc(N)n1. The van der Waals surface area contributed by atoms with Crippen LogP contribution in [0.5, 0.6) is 5.88 Å². The van der Waals surface area contributed by atoms with Crippen LogP contribution in [0, 0.1) is 0 Å². The summed E-state index contributed by atoms with van der Waals surface area (Å²) in [4.78, 5) is 23.6. The Bertz CT molecular complexity index is 567. The molecule has 1 aromatic heterocycles. The van der Waals surface area contributed by atoms with Gasteiger partial charge < -0.3 is 25.0 Å². The van der Waals surface area contributed by atoms with Crippen molar-refractivity contribution in [2.75, 3.05) is 44.4 Å². The first-order chi connectivity index (χ1) is 10.0. The summed E-state index contributed by atoms with van der Waals surface area (Å²) in [5.41, 5.74) is 5.25. The molecular formula is C13H19N5O3. The van der Waals surface area contributed by atoms with Crippen LogP contribution in [0.25, 0.3) is 0 Å². The zero-order chi connectivity index (χ0) is 15.0. The maximum atomic E-state index is 11.7. The van der Waals surface area contributed by atoms with Crippen LogP contribution in [0.4, 0.5) is 16.6 Å². The molecule has 0 unspecified atom stereocenters. The number of likely N-dealkylation sites (N-methyl/N-ethyl adjacent to an activating group) is 1. The molecule has 0 radical (unpaired) electrons. The molecule has 0 aromatic carbocycles. The molecule has 1 aromatic rings. The van der Waals surface area contributed by atoms with Crippen molar-refractivity contribution in [1.29, 1.82) is 0 Å². The molecule has 21 heavy (non-hydrogen) atoms. The Morgan fingerprint density at radius 2 is 2.24 bits per heavy atom. The predicted octanol–water partition coefficient (Wildman–Crippen LogP) is 0.488. The van der Waals surface area contributed by atoms with E-state index in [0.717, 1.165) is 19.4 Å². The molecule has 2 N–H and O–H groups in total.